The molecule has 132 valence electrons. The minimum Gasteiger partial charge on any atom is -0.481 e. The van der Waals surface area contributed by atoms with Gasteiger partial charge < -0.3 is 5.11 Å². The minimum absolute atomic E-state index is 0.210. The Balaban J connectivity index is 3.51. The Hall–Kier alpha value is -2.09. The molecule has 0 aromatic heterocycles. The molecule has 0 atom stereocenters. The Morgan fingerprint density at radius 1 is 0.625 bits per heavy atom. The zero-order valence-electron chi connectivity index (χ0n) is 14.9. The number of carbonyl (C=O) groups is 1. The fourth-order valence-corrected chi connectivity index (χ4v) is 1.85. The van der Waals surface area contributed by atoms with Crippen LogP contribution in [0, 0.1) is 0 Å². The molecule has 0 heterocycles. The number of rotatable bonds is 14. The number of carboxylic acid groups (broad SMARTS) is 1. The lowest BCUT2D eigenvalue weighted by molar-refractivity contribution is -0.136. The minimum atomic E-state index is -0.741. The van der Waals surface area contributed by atoms with Crippen LogP contribution in [0.5, 0.6) is 0 Å². The van der Waals surface area contributed by atoms with Crippen molar-refractivity contribution in [3.63, 3.8) is 0 Å². The fraction of sp³-hybridized carbons (Fsp3) is 0.409. The summed E-state index contributed by atoms with van der Waals surface area (Å²) in [5.74, 6) is -0.741. The van der Waals surface area contributed by atoms with E-state index in [1.165, 1.54) is 0 Å². The van der Waals surface area contributed by atoms with Crippen LogP contribution in [-0.2, 0) is 4.79 Å². The average molecular weight is 328 g/mol. The molecule has 0 rings (SSSR count). The Bertz CT molecular complexity index is 462. The summed E-state index contributed by atoms with van der Waals surface area (Å²) in [6.45, 7) is 2.15. The topological polar surface area (TPSA) is 37.3 Å². The molecule has 0 saturated carbocycles. The molecule has 0 unspecified atom stereocenters. The summed E-state index contributed by atoms with van der Waals surface area (Å²) in [6, 6.07) is 0. The Labute approximate surface area is 147 Å². The molecule has 0 fully saturated rings. The summed E-state index contributed by atoms with van der Waals surface area (Å²) in [4.78, 5) is 10.3. The van der Waals surface area contributed by atoms with Gasteiger partial charge >= 0.3 is 5.97 Å². The van der Waals surface area contributed by atoms with Gasteiger partial charge in [-0.05, 0) is 44.9 Å². The van der Waals surface area contributed by atoms with E-state index in [1.54, 1.807) is 0 Å². The van der Waals surface area contributed by atoms with Crippen LogP contribution >= 0.6 is 0 Å². The SMILES string of the molecule is CC/C=C/C/C=C\C/C=C/C/C=C\C/C=C/C/C=C\CCC(=O)O. The number of carboxylic acids is 1. The van der Waals surface area contributed by atoms with Crippen LogP contribution in [0.4, 0.5) is 0 Å². The zero-order valence-corrected chi connectivity index (χ0v) is 14.9. The summed E-state index contributed by atoms with van der Waals surface area (Å²) >= 11 is 0. The van der Waals surface area contributed by atoms with Crippen molar-refractivity contribution in [3.05, 3.63) is 72.9 Å². The normalized spacial score (nSPS) is 13.0. The van der Waals surface area contributed by atoms with E-state index in [1.807, 2.05) is 12.2 Å². The molecule has 0 spiro atoms. The Kier molecular flexibility index (Phi) is 17.3. The van der Waals surface area contributed by atoms with Gasteiger partial charge in [0.25, 0.3) is 0 Å². The standard InChI is InChI=1S/C22H32O2/c1-2-3-4-5-6-7-8-9-10-11-12-13-14-15-16-17-18-19-20-21-22(23)24/h3-4,6-7,9-10,12-13,15-16,18-19H,2,5,8,11,14,17,20-21H2,1H3,(H,23,24)/b4-3+,7-6-,10-9+,13-12-,16-15+,19-18-. The monoisotopic (exact) mass is 328 g/mol. The maximum atomic E-state index is 10.3. The van der Waals surface area contributed by atoms with Crippen LogP contribution in [0.2, 0.25) is 0 Å². The van der Waals surface area contributed by atoms with Gasteiger partial charge in [0, 0.05) is 6.42 Å². The van der Waals surface area contributed by atoms with Gasteiger partial charge in [-0.2, -0.15) is 0 Å². The first-order chi connectivity index (χ1) is 11.8. The number of allylic oxidation sites excluding steroid dienone is 12. The molecule has 0 aliphatic heterocycles. The molecule has 0 aliphatic carbocycles. The molecule has 0 aliphatic rings. The molecule has 0 aromatic carbocycles. The van der Waals surface area contributed by atoms with Crippen LogP contribution in [0.1, 0.15) is 58.3 Å². The summed E-state index contributed by atoms with van der Waals surface area (Å²) in [5.41, 5.74) is 0. The van der Waals surface area contributed by atoms with Gasteiger partial charge in [-0.25, -0.2) is 0 Å². The van der Waals surface area contributed by atoms with E-state index < -0.39 is 5.97 Å². The molecule has 1 N–H and O–H groups in total. The van der Waals surface area contributed by atoms with Gasteiger partial charge in [0.15, 0.2) is 0 Å². The van der Waals surface area contributed by atoms with Crippen molar-refractivity contribution >= 4 is 5.97 Å². The van der Waals surface area contributed by atoms with Gasteiger partial charge in [-0.3, -0.25) is 4.79 Å². The zero-order chi connectivity index (χ0) is 17.7. The Morgan fingerprint density at radius 2 is 0.958 bits per heavy atom. The molecule has 24 heavy (non-hydrogen) atoms. The molecule has 0 aromatic rings. The molecule has 0 saturated heterocycles. The highest BCUT2D eigenvalue weighted by Crippen LogP contribution is 1.97. The van der Waals surface area contributed by atoms with Crippen LogP contribution in [0.15, 0.2) is 72.9 Å². The van der Waals surface area contributed by atoms with Gasteiger partial charge in [0.2, 0.25) is 0 Å². The second kappa shape index (κ2) is 19.0. The molecular formula is C22H32O2. The highest BCUT2D eigenvalue weighted by molar-refractivity contribution is 5.66. The van der Waals surface area contributed by atoms with E-state index in [-0.39, 0.29) is 6.42 Å². The van der Waals surface area contributed by atoms with Crippen LogP contribution < -0.4 is 0 Å². The van der Waals surface area contributed by atoms with E-state index in [0.29, 0.717) is 6.42 Å². The first kappa shape index (κ1) is 21.9. The lowest BCUT2D eigenvalue weighted by Gasteiger charge is -1.87. The third-order valence-corrected chi connectivity index (χ3v) is 3.12. The molecule has 0 radical (unpaired) electrons. The van der Waals surface area contributed by atoms with Gasteiger partial charge in [-0.15, -0.1) is 0 Å². The predicted molar refractivity (Wildman–Crippen MR) is 105 cm³/mol. The van der Waals surface area contributed by atoms with Gasteiger partial charge in [-0.1, -0.05) is 79.8 Å². The highest BCUT2D eigenvalue weighted by atomic mass is 16.4. The lowest BCUT2D eigenvalue weighted by Crippen LogP contribution is -1.91. The van der Waals surface area contributed by atoms with Crippen molar-refractivity contribution in [1.29, 1.82) is 0 Å². The maximum Gasteiger partial charge on any atom is 0.303 e. The quantitative estimate of drug-likeness (QED) is 0.367. The summed E-state index contributed by atoms with van der Waals surface area (Å²) < 4.78 is 0. The van der Waals surface area contributed by atoms with E-state index in [4.69, 9.17) is 5.11 Å². The van der Waals surface area contributed by atoms with Crippen molar-refractivity contribution in [2.24, 2.45) is 0 Å². The molecular weight excluding hydrogens is 296 g/mol. The second-order valence-electron chi connectivity index (χ2n) is 5.35. The first-order valence-corrected chi connectivity index (χ1v) is 8.89. The summed E-state index contributed by atoms with van der Waals surface area (Å²) in [7, 11) is 0. The van der Waals surface area contributed by atoms with Crippen LogP contribution in [0.3, 0.4) is 0 Å². The summed E-state index contributed by atoms with van der Waals surface area (Å²) in [6.07, 6.45) is 32.5. The van der Waals surface area contributed by atoms with Crippen LogP contribution in [0.25, 0.3) is 0 Å². The smallest absolute Gasteiger partial charge is 0.303 e. The maximum absolute atomic E-state index is 10.3. The van der Waals surface area contributed by atoms with Crippen molar-refractivity contribution in [2.75, 3.05) is 0 Å². The molecule has 0 amide bonds. The fourth-order valence-electron chi connectivity index (χ4n) is 1.85. The number of hydrogen-bond acceptors (Lipinski definition) is 1. The lowest BCUT2D eigenvalue weighted by atomic mass is 10.2. The van der Waals surface area contributed by atoms with E-state index in [0.717, 1.165) is 38.5 Å². The van der Waals surface area contributed by atoms with Gasteiger partial charge in [0.1, 0.15) is 0 Å². The molecule has 2 nitrogen and oxygen atoms in total. The molecule has 0 bridgehead atoms. The predicted octanol–water partition coefficient (Wildman–Crippen LogP) is 6.55. The first-order valence-electron chi connectivity index (χ1n) is 8.89. The second-order valence-corrected chi connectivity index (χ2v) is 5.35. The van der Waals surface area contributed by atoms with E-state index in [2.05, 4.69) is 67.7 Å². The third kappa shape index (κ3) is 19.9. The van der Waals surface area contributed by atoms with Crippen molar-refractivity contribution in [3.8, 4) is 0 Å². The largest absolute Gasteiger partial charge is 0.481 e. The van der Waals surface area contributed by atoms with Crippen molar-refractivity contribution < 1.29 is 9.90 Å². The Morgan fingerprint density at radius 3 is 1.29 bits per heavy atom. The third-order valence-electron chi connectivity index (χ3n) is 3.12. The van der Waals surface area contributed by atoms with Gasteiger partial charge in [0.05, 0.1) is 0 Å². The van der Waals surface area contributed by atoms with Crippen LogP contribution in [-0.4, -0.2) is 11.1 Å². The number of hydrogen-bond donors (Lipinski definition) is 1. The highest BCUT2D eigenvalue weighted by Gasteiger charge is 1.90. The number of aliphatic carboxylic acids is 1. The summed E-state index contributed by atoms with van der Waals surface area (Å²) in [5, 5.41) is 8.49. The average Bonchev–Trinajstić information content (AvgIpc) is 2.56. The molecule has 2 heteroatoms. The van der Waals surface area contributed by atoms with E-state index in [9.17, 15) is 4.79 Å². The van der Waals surface area contributed by atoms with E-state index >= 15 is 0 Å². The van der Waals surface area contributed by atoms with Crippen molar-refractivity contribution in [2.45, 2.75) is 58.3 Å². The van der Waals surface area contributed by atoms with Crippen molar-refractivity contribution in [1.82, 2.24) is 0 Å².